The van der Waals surface area contributed by atoms with Gasteiger partial charge in [0.2, 0.25) is 0 Å². The maximum Gasteiger partial charge on any atom is 0.125 e. The van der Waals surface area contributed by atoms with Gasteiger partial charge in [-0.2, -0.15) is 0 Å². The topological polar surface area (TPSA) is 9.23 Å². The van der Waals surface area contributed by atoms with E-state index in [1.54, 1.807) is 0 Å². The smallest absolute Gasteiger partial charge is 0.125 e. The molecule has 0 unspecified atom stereocenters. The molecule has 0 amide bonds. The highest BCUT2D eigenvalue weighted by Gasteiger charge is 2.32. The molecule has 4 heteroatoms. The molecule has 0 aromatic heterocycles. The molecule has 0 spiro atoms. The largest absolute Gasteiger partial charge is 0.358 e. The number of hydrogen-bond acceptors (Lipinski definition) is 1. The third-order valence-electron chi connectivity index (χ3n) is 2.26. The molecule has 1 aliphatic heterocycles. The van der Waals surface area contributed by atoms with Crippen molar-refractivity contribution in [1.29, 1.82) is 0 Å². The first-order valence-corrected chi connectivity index (χ1v) is 6.57. The van der Waals surface area contributed by atoms with Crippen molar-refractivity contribution in [2.24, 2.45) is 0 Å². The summed E-state index contributed by atoms with van der Waals surface area (Å²) in [6, 6.07) is 7.81. The van der Waals surface area contributed by atoms with Crippen LogP contribution >= 0.6 is 43.5 Å². The summed E-state index contributed by atoms with van der Waals surface area (Å²) in [7, 11) is 0. The fourth-order valence-electron chi connectivity index (χ4n) is 1.50. The minimum Gasteiger partial charge on any atom is -0.358 e. The number of halogens is 3. The predicted molar refractivity (Wildman–Crippen MR) is 65.3 cm³/mol. The zero-order valence-electron chi connectivity index (χ0n) is 7.29. The molecule has 0 aliphatic carbocycles. The minimum atomic E-state index is 0.100. The van der Waals surface area contributed by atoms with Crippen LogP contribution in [0, 0.1) is 0 Å². The summed E-state index contributed by atoms with van der Waals surface area (Å²) in [5.74, 6) is 0. The van der Waals surface area contributed by atoms with Gasteiger partial charge in [0.15, 0.2) is 0 Å². The van der Waals surface area contributed by atoms with Crippen LogP contribution in [-0.2, 0) is 4.74 Å². The maximum absolute atomic E-state index is 5.82. The van der Waals surface area contributed by atoms with Crippen LogP contribution in [0.4, 0.5) is 0 Å². The number of ether oxygens (including phenoxy) is 1. The zero-order chi connectivity index (χ0) is 10.1. The van der Waals surface area contributed by atoms with Gasteiger partial charge in [-0.1, -0.05) is 55.6 Å². The lowest BCUT2D eigenvalue weighted by Gasteiger charge is -2.09. The van der Waals surface area contributed by atoms with Gasteiger partial charge in [0.25, 0.3) is 0 Å². The Morgan fingerprint density at radius 2 is 1.86 bits per heavy atom. The highest BCUT2D eigenvalue weighted by Crippen LogP contribution is 2.39. The first-order valence-electron chi connectivity index (χ1n) is 4.36. The second-order valence-electron chi connectivity index (χ2n) is 3.28. The van der Waals surface area contributed by atoms with Crippen LogP contribution in [0.15, 0.2) is 24.3 Å². The molecule has 1 aromatic carbocycles. The second-order valence-corrected chi connectivity index (χ2v) is 5.79. The van der Waals surface area contributed by atoms with Crippen molar-refractivity contribution in [3.8, 4) is 0 Å². The summed E-state index contributed by atoms with van der Waals surface area (Å²) in [5, 5.41) is 0.862. The SMILES string of the molecule is Clc1ccc([C@H]2C[C@H](Br)[C@H](Br)O2)cc1. The zero-order valence-corrected chi connectivity index (χ0v) is 11.2. The highest BCUT2D eigenvalue weighted by molar-refractivity contribution is 9.12. The molecule has 0 N–H and O–H groups in total. The lowest BCUT2D eigenvalue weighted by molar-refractivity contribution is 0.0970. The number of hydrogen-bond donors (Lipinski definition) is 0. The Labute approximate surface area is 105 Å². The number of rotatable bonds is 1. The molecule has 1 nitrogen and oxygen atoms in total. The molecule has 0 radical (unpaired) electrons. The summed E-state index contributed by atoms with van der Waals surface area (Å²) in [6.45, 7) is 0. The number of benzene rings is 1. The summed E-state index contributed by atoms with van der Waals surface area (Å²) >= 11 is 12.8. The van der Waals surface area contributed by atoms with E-state index in [1.165, 1.54) is 5.56 Å². The van der Waals surface area contributed by atoms with Gasteiger partial charge in [-0.05, 0) is 24.1 Å². The third-order valence-corrected chi connectivity index (χ3v) is 4.93. The Balaban J connectivity index is 2.13. The van der Waals surface area contributed by atoms with Crippen LogP contribution in [0.25, 0.3) is 0 Å². The van der Waals surface area contributed by atoms with Gasteiger partial charge in [-0.3, -0.25) is 0 Å². The predicted octanol–water partition coefficient (Wildman–Crippen LogP) is 4.29. The van der Waals surface area contributed by atoms with Crippen LogP contribution in [0.1, 0.15) is 18.1 Å². The van der Waals surface area contributed by atoms with Crippen molar-refractivity contribution >= 4 is 43.5 Å². The molecule has 0 saturated carbocycles. The van der Waals surface area contributed by atoms with Gasteiger partial charge in [0, 0.05) is 5.02 Å². The molecule has 0 bridgehead atoms. The first kappa shape index (κ1) is 10.9. The third kappa shape index (κ3) is 2.32. The Morgan fingerprint density at radius 3 is 2.36 bits per heavy atom. The fraction of sp³-hybridized carbons (Fsp3) is 0.400. The Morgan fingerprint density at radius 1 is 1.21 bits per heavy atom. The summed E-state index contributed by atoms with van der Waals surface area (Å²) in [4.78, 5) is 0.378. The molecule has 1 heterocycles. The molecule has 76 valence electrons. The van der Waals surface area contributed by atoms with Gasteiger partial charge >= 0.3 is 0 Å². The van der Waals surface area contributed by atoms with E-state index in [2.05, 4.69) is 31.9 Å². The van der Waals surface area contributed by atoms with Crippen molar-refractivity contribution in [1.82, 2.24) is 0 Å². The average Bonchev–Trinajstić information content (AvgIpc) is 2.48. The maximum atomic E-state index is 5.82. The first-order chi connectivity index (χ1) is 6.66. The van der Waals surface area contributed by atoms with Gasteiger partial charge in [0.1, 0.15) is 5.01 Å². The van der Waals surface area contributed by atoms with E-state index < -0.39 is 0 Å². The van der Waals surface area contributed by atoms with E-state index in [1.807, 2.05) is 24.3 Å². The average molecular weight is 340 g/mol. The standard InChI is InChI=1S/C10H9Br2ClO/c11-8-5-9(14-10(8)12)6-1-3-7(13)4-2-6/h1-4,8-10H,5H2/t8-,9+,10+/m0/s1. The quantitative estimate of drug-likeness (QED) is 0.693. The Kier molecular flexibility index (Phi) is 3.53. The molecule has 14 heavy (non-hydrogen) atoms. The molecular weight excluding hydrogens is 331 g/mol. The van der Waals surface area contributed by atoms with Crippen molar-refractivity contribution in [2.45, 2.75) is 22.4 Å². The van der Waals surface area contributed by atoms with Crippen molar-refractivity contribution < 1.29 is 4.74 Å². The van der Waals surface area contributed by atoms with Crippen molar-refractivity contribution in [3.05, 3.63) is 34.9 Å². The van der Waals surface area contributed by atoms with Crippen LogP contribution in [-0.4, -0.2) is 9.84 Å². The van der Waals surface area contributed by atoms with Crippen LogP contribution in [0.3, 0.4) is 0 Å². The molecule has 2 rings (SSSR count). The lowest BCUT2D eigenvalue weighted by Crippen LogP contribution is -2.04. The monoisotopic (exact) mass is 338 g/mol. The van der Waals surface area contributed by atoms with Gasteiger partial charge < -0.3 is 4.74 Å². The molecule has 1 aromatic rings. The fourth-order valence-corrected chi connectivity index (χ4v) is 2.57. The van der Waals surface area contributed by atoms with E-state index >= 15 is 0 Å². The van der Waals surface area contributed by atoms with E-state index in [-0.39, 0.29) is 11.1 Å². The lowest BCUT2D eigenvalue weighted by atomic mass is 10.1. The molecule has 3 atom stereocenters. The summed E-state index contributed by atoms with van der Waals surface area (Å²) in [6.07, 6.45) is 1.15. The minimum absolute atomic E-state index is 0.100. The normalized spacial score (nSPS) is 32.1. The summed E-state index contributed by atoms with van der Waals surface area (Å²) < 4.78 is 5.73. The van der Waals surface area contributed by atoms with Gasteiger partial charge in [-0.15, -0.1) is 0 Å². The van der Waals surface area contributed by atoms with Crippen molar-refractivity contribution in [3.63, 3.8) is 0 Å². The van der Waals surface area contributed by atoms with E-state index in [0.717, 1.165) is 11.4 Å². The molecular formula is C10H9Br2ClO. The number of alkyl halides is 2. The van der Waals surface area contributed by atoms with Gasteiger partial charge in [0.05, 0.1) is 10.9 Å². The Bertz CT molecular complexity index is 304. The second kappa shape index (κ2) is 4.52. The van der Waals surface area contributed by atoms with Crippen LogP contribution in [0.5, 0.6) is 0 Å². The Hall–Kier alpha value is 0.430. The molecule has 1 aliphatic rings. The van der Waals surface area contributed by atoms with E-state index in [9.17, 15) is 0 Å². The highest BCUT2D eigenvalue weighted by atomic mass is 79.9. The molecule has 1 saturated heterocycles. The molecule has 1 fully saturated rings. The van der Waals surface area contributed by atoms with Crippen LogP contribution in [0.2, 0.25) is 5.02 Å². The van der Waals surface area contributed by atoms with Gasteiger partial charge in [-0.25, -0.2) is 0 Å². The van der Waals surface area contributed by atoms with Crippen LogP contribution < -0.4 is 0 Å². The van der Waals surface area contributed by atoms with E-state index in [4.69, 9.17) is 16.3 Å². The summed E-state index contributed by atoms with van der Waals surface area (Å²) in [5.41, 5.74) is 1.18. The van der Waals surface area contributed by atoms with E-state index in [0.29, 0.717) is 4.83 Å². The van der Waals surface area contributed by atoms with Crippen molar-refractivity contribution in [2.75, 3.05) is 0 Å².